The lowest BCUT2D eigenvalue weighted by Crippen LogP contribution is -2.06. The van der Waals surface area contributed by atoms with Crippen LogP contribution < -0.4 is 0 Å². The number of methoxy groups -OCH3 is 1. The standard InChI is InChI=1S/C18H11ClN2O6/c1-26-17(22)11-4-2-10(3-5-11)8-14-18(23)27-16(20-14)12-6-7-13(19)15(9-12)21(24)25/h2-9H,1H3/b14-8-. The molecule has 0 fully saturated rings. The van der Waals surface area contributed by atoms with Gasteiger partial charge in [0.1, 0.15) is 5.02 Å². The summed E-state index contributed by atoms with van der Waals surface area (Å²) in [5.41, 5.74) is 0.939. The average Bonchev–Trinajstić information content (AvgIpc) is 3.02. The van der Waals surface area contributed by atoms with Crippen LogP contribution in [0.3, 0.4) is 0 Å². The molecule has 3 rings (SSSR count). The maximum atomic E-state index is 12.0. The van der Waals surface area contributed by atoms with Gasteiger partial charge < -0.3 is 9.47 Å². The van der Waals surface area contributed by atoms with Gasteiger partial charge in [-0.1, -0.05) is 23.7 Å². The highest BCUT2D eigenvalue weighted by Gasteiger charge is 2.26. The molecule has 0 radical (unpaired) electrons. The molecule has 27 heavy (non-hydrogen) atoms. The van der Waals surface area contributed by atoms with E-state index in [1.165, 1.54) is 31.4 Å². The summed E-state index contributed by atoms with van der Waals surface area (Å²) in [7, 11) is 1.28. The number of nitro benzene ring substituents is 1. The van der Waals surface area contributed by atoms with Gasteiger partial charge in [-0.25, -0.2) is 14.6 Å². The number of carbonyl (C=O) groups is 2. The minimum absolute atomic E-state index is 0.0217. The second kappa shape index (κ2) is 7.38. The molecule has 0 bridgehead atoms. The van der Waals surface area contributed by atoms with E-state index >= 15 is 0 Å². The van der Waals surface area contributed by atoms with E-state index in [1.807, 2.05) is 0 Å². The molecule has 0 atom stereocenters. The van der Waals surface area contributed by atoms with E-state index in [0.717, 1.165) is 0 Å². The SMILES string of the molecule is COC(=O)c1ccc(/C=C2\N=C(c3ccc(Cl)c([N+](=O)[O-])c3)OC2=O)cc1. The van der Waals surface area contributed by atoms with Gasteiger partial charge in [-0.05, 0) is 35.9 Å². The Hall–Kier alpha value is -3.52. The van der Waals surface area contributed by atoms with E-state index in [2.05, 4.69) is 9.73 Å². The third kappa shape index (κ3) is 3.85. The van der Waals surface area contributed by atoms with Crippen LogP contribution in [0.15, 0.2) is 53.2 Å². The molecule has 0 spiro atoms. The lowest BCUT2D eigenvalue weighted by atomic mass is 10.1. The third-order valence-corrected chi connectivity index (χ3v) is 3.97. The number of hydrogen-bond donors (Lipinski definition) is 0. The number of cyclic esters (lactones) is 1. The van der Waals surface area contributed by atoms with Crippen molar-refractivity contribution in [1.82, 2.24) is 0 Å². The summed E-state index contributed by atoms with van der Waals surface area (Å²) in [6, 6.07) is 10.3. The van der Waals surface area contributed by atoms with E-state index in [1.54, 1.807) is 24.3 Å². The van der Waals surface area contributed by atoms with Crippen molar-refractivity contribution in [2.75, 3.05) is 7.11 Å². The highest BCUT2D eigenvalue weighted by atomic mass is 35.5. The van der Waals surface area contributed by atoms with E-state index < -0.39 is 16.9 Å². The molecule has 0 aromatic heterocycles. The third-order valence-electron chi connectivity index (χ3n) is 3.65. The monoisotopic (exact) mass is 386 g/mol. The molecule has 0 saturated heterocycles. The Kier molecular flexibility index (Phi) is 5.00. The van der Waals surface area contributed by atoms with Gasteiger partial charge in [-0.2, -0.15) is 0 Å². The molecule has 1 aliphatic rings. The molecule has 0 amide bonds. The van der Waals surface area contributed by atoms with Crippen molar-refractivity contribution in [2.24, 2.45) is 4.99 Å². The van der Waals surface area contributed by atoms with Gasteiger partial charge in [0.05, 0.1) is 17.6 Å². The summed E-state index contributed by atoms with van der Waals surface area (Å²) >= 11 is 5.77. The van der Waals surface area contributed by atoms with Crippen LogP contribution >= 0.6 is 11.6 Å². The largest absolute Gasteiger partial charge is 0.465 e. The molecule has 2 aromatic carbocycles. The van der Waals surface area contributed by atoms with E-state index in [-0.39, 0.29) is 27.9 Å². The fourth-order valence-corrected chi connectivity index (χ4v) is 2.50. The summed E-state index contributed by atoms with van der Waals surface area (Å²) < 4.78 is 9.71. The van der Waals surface area contributed by atoms with Crippen molar-refractivity contribution in [3.05, 3.63) is 80.0 Å². The maximum absolute atomic E-state index is 12.0. The number of nitro groups is 1. The minimum atomic E-state index is -0.695. The van der Waals surface area contributed by atoms with E-state index in [4.69, 9.17) is 16.3 Å². The van der Waals surface area contributed by atoms with Crippen molar-refractivity contribution in [2.45, 2.75) is 0 Å². The van der Waals surface area contributed by atoms with Crippen molar-refractivity contribution in [3.8, 4) is 0 Å². The number of benzene rings is 2. The first kappa shape index (κ1) is 18.3. The Morgan fingerprint density at radius 1 is 1.26 bits per heavy atom. The number of nitrogens with zero attached hydrogens (tertiary/aromatic N) is 2. The lowest BCUT2D eigenvalue weighted by Gasteiger charge is -2.00. The molecular weight excluding hydrogens is 376 g/mol. The smallest absolute Gasteiger partial charge is 0.363 e. The Balaban J connectivity index is 1.90. The highest BCUT2D eigenvalue weighted by molar-refractivity contribution is 6.32. The van der Waals surface area contributed by atoms with Crippen LogP contribution in [0.5, 0.6) is 0 Å². The molecule has 0 unspecified atom stereocenters. The predicted molar refractivity (Wildman–Crippen MR) is 96.5 cm³/mol. The first-order valence-electron chi connectivity index (χ1n) is 7.54. The van der Waals surface area contributed by atoms with Gasteiger partial charge in [0.15, 0.2) is 5.70 Å². The lowest BCUT2D eigenvalue weighted by molar-refractivity contribution is -0.384. The molecule has 0 saturated carbocycles. The Morgan fingerprint density at radius 3 is 2.59 bits per heavy atom. The van der Waals surface area contributed by atoms with Crippen LogP contribution in [0, 0.1) is 10.1 Å². The number of esters is 2. The number of hydrogen-bond acceptors (Lipinski definition) is 7. The predicted octanol–water partition coefficient (Wildman–Crippen LogP) is 3.38. The summed E-state index contributed by atoms with van der Waals surface area (Å²) in [6.45, 7) is 0. The summed E-state index contributed by atoms with van der Waals surface area (Å²) in [5.74, 6) is -1.23. The molecular formula is C18H11ClN2O6. The number of aliphatic imine (C=N–C) groups is 1. The number of rotatable bonds is 4. The number of ether oxygens (including phenoxy) is 2. The van der Waals surface area contributed by atoms with Crippen LogP contribution in [0.25, 0.3) is 6.08 Å². The molecule has 136 valence electrons. The van der Waals surface area contributed by atoms with Crippen LogP contribution in [0.4, 0.5) is 5.69 Å². The zero-order valence-corrected chi connectivity index (χ0v) is 14.6. The highest BCUT2D eigenvalue weighted by Crippen LogP contribution is 2.27. The fraction of sp³-hybridized carbons (Fsp3) is 0.0556. The summed E-state index contributed by atoms with van der Waals surface area (Å²) in [6.07, 6.45) is 1.47. The van der Waals surface area contributed by atoms with Crippen molar-refractivity contribution >= 4 is 41.2 Å². The van der Waals surface area contributed by atoms with Crippen molar-refractivity contribution < 1.29 is 24.0 Å². The van der Waals surface area contributed by atoms with Crippen LogP contribution in [0.2, 0.25) is 5.02 Å². The Bertz CT molecular complexity index is 1010. The topological polar surface area (TPSA) is 108 Å². The van der Waals surface area contributed by atoms with Crippen molar-refractivity contribution in [1.29, 1.82) is 0 Å². The van der Waals surface area contributed by atoms with Gasteiger partial charge in [0, 0.05) is 11.6 Å². The number of halogens is 1. The van der Waals surface area contributed by atoms with Crippen molar-refractivity contribution in [3.63, 3.8) is 0 Å². The first-order chi connectivity index (χ1) is 12.9. The van der Waals surface area contributed by atoms with Gasteiger partial charge in [-0.15, -0.1) is 0 Å². The Labute approximate surface area is 157 Å². The van der Waals surface area contributed by atoms with Crippen LogP contribution in [0.1, 0.15) is 21.5 Å². The normalized spacial score (nSPS) is 14.7. The quantitative estimate of drug-likeness (QED) is 0.345. The minimum Gasteiger partial charge on any atom is -0.465 e. The van der Waals surface area contributed by atoms with E-state index in [0.29, 0.717) is 11.1 Å². The van der Waals surface area contributed by atoms with E-state index in [9.17, 15) is 19.7 Å². The van der Waals surface area contributed by atoms with Crippen LogP contribution in [-0.4, -0.2) is 29.9 Å². The average molecular weight is 387 g/mol. The van der Waals surface area contributed by atoms with Crippen LogP contribution in [-0.2, 0) is 14.3 Å². The van der Waals surface area contributed by atoms with Gasteiger partial charge >= 0.3 is 11.9 Å². The molecule has 9 heteroatoms. The summed E-state index contributed by atoms with van der Waals surface area (Å²) in [5, 5.41) is 11.0. The summed E-state index contributed by atoms with van der Waals surface area (Å²) in [4.78, 5) is 37.9. The second-order valence-electron chi connectivity index (χ2n) is 5.37. The Morgan fingerprint density at radius 2 is 1.96 bits per heavy atom. The second-order valence-corrected chi connectivity index (χ2v) is 5.78. The first-order valence-corrected chi connectivity index (χ1v) is 7.92. The molecule has 2 aromatic rings. The van der Waals surface area contributed by atoms with Gasteiger partial charge in [0.2, 0.25) is 5.90 Å². The molecule has 1 aliphatic heterocycles. The van der Waals surface area contributed by atoms with Gasteiger partial charge in [-0.3, -0.25) is 10.1 Å². The zero-order chi connectivity index (χ0) is 19.6. The fourth-order valence-electron chi connectivity index (χ4n) is 2.31. The zero-order valence-electron chi connectivity index (χ0n) is 13.8. The number of carbonyl (C=O) groups excluding carboxylic acids is 2. The molecule has 1 heterocycles. The maximum Gasteiger partial charge on any atom is 0.363 e. The molecule has 0 aliphatic carbocycles. The van der Waals surface area contributed by atoms with Gasteiger partial charge in [0.25, 0.3) is 5.69 Å². The molecule has 0 N–H and O–H groups in total. The molecule has 8 nitrogen and oxygen atoms in total.